The van der Waals surface area contributed by atoms with Crippen molar-refractivity contribution in [3.8, 4) is 0 Å². The van der Waals surface area contributed by atoms with E-state index in [0.29, 0.717) is 30.8 Å². The normalized spacial score (nSPS) is 22.5. The van der Waals surface area contributed by atoms with E-state index < -0.39 is 11.7 Å². The van der Waals surface area contributed by atoms with E-state index in [4.69, 9.17) is 12.6 Å². The maximum atomic E-state index is 14.2. The third-order valence-electron chi connectivity index (χ3n) is 4.45. The summed E-state index contributed by atoms with van der Waals surface area (Å²) in [5.74, 6) is -1.34. The summed E-state index contributed by atoms with van der Waals surface area (Å²) < 4.78 is 33.4. The summed E-state index contributed by atoms with van der Waals surface area (Å²) >= 11 is 0. The first-order chi connectivity index (χ1) is 10.0. The van der Waals surface area contributed by atoms with Crippen LogP contribution in [0.3, 0.4) is 0 Å². The minimum atomic E-state index is -0.824. The molecule has 2 nitrogen and oxygen atoms in total. The van der Waals surface area contributed by atoms with Gasteiger partial charge in [-0.3, -0.25) is 4.90 Å². The average Bonchev–Trinajstić information content (AvgIpc) is 3.30. The van der Waals surface area contributed by atoms with Crippen LogP contribution in [-0.4, -0.2) is 38.5 Å². The molecule has 0 amide bonds. The number of hydrogen-bond acceptors (Lipinski definition) is 2. The molecule has 1 aliphatic carbocycles. The molecular weight excluding hydrogens is 271 g/mol. The Balaban J connectivity index is 1.94. The van der Waals surface area contributed by atoms with Crippen molar-refractivity contribution in [1.82, 2.24) is 4.90 Å². The summed E-state index contributed by atoms with van der Waals surface area (Å²) in [6, 6.07) is 0.545. The lowest BCUT2D eigenvalue weighted by Crippen LogP contribution is -2.17. The fraction of sp³-hybridized carbons (Fsp3) is 0.750. The largest absolute Gasteiger partial charge is 0.496 e. The second-order valence-corrected chi connectivity index (χ2v) is 6.08. The van der Waals surface area contributed by atoms with E-state index >= 15 is 0 Å². The lowest BCUT2D eigenvalue weighted by molar-refractivity contribution is 0.200. The van der Waals surface area contributed by atoms with Gasteiger partial charge >= 0.3 is 0 Å². The van der Waals surface area contributed by atoms with Crippen LogP contribution in [0.1, 0.15) is 39.5 Å². The van der Waals surface area contributed by atoms with Crippen LogP contribution in [0.25, 0.3) is 0 Å². The fourth-order valence-corrected chi connectivity index (χ4v) is 2.86. The highest BCUT2D eigenvalue weighted by Gasteiger charge is 2.28. The Labute approximate surface area is 127 Å². The van der Waals surface area contributed by atoms with Crippen LogP contribution in [-0.2, 0) is 4.74 Å². The second kappa shape index (κ2) is 7.43. The van der Waals surface area contributed by atoms with Crippen molar-refractivity contribution < 1.29 is 13.5 Å². The van der Waals surface area contributed by atoms with Gasteiger partial charge in [0.05, 0.1) is 14.5 Å². The first-order valence-corrected chi connectivity index (χ1v) is 7.89. The summed E-state index contributed by atoms with van der Waals surface area (Å²) in [7, 11) is 5.32. The Morgan fingerprint density at radius 1 is 1.14 bits per heavy atom. The first kappa shape index (κ1) is 16.5. The Morgan fingerprint density at radius 3 is 2.48 bits per heavy atom. The topological polar surface area (TPSA) is 12.2 Å². The minimum absolute atomic E-state index is 0.0780. The maximum Gasteiger partial charge on any atom is 0.196 e. The van der Waals surface area contributed by atoms with Crippen LogP contribution in [0.5, 0.6) is 0 Å². The summed E-state index contributed by atoms with van der Waals surface area (Å²) in [5, 5.41) is 0. The molecule has 0 aromatic heterocycles. The number of ether oxygens (including phenoxy) is 1. The van der Waals surface area contributed by atoms with Gasteiger partial charge in [-0.15, -0.1) is 0 Å². The van der Waals surface area contributed by atoms with Gasteiger partial charge in [-0.25, -0.2) is 8.78 Å². The van der Waals surface area contributed by atoms with Crippen LogP contribution < -0.4 is 0 Å². The van der Waals surface area contributed by atoms with Gasteiger partial charge in [0.1, 0.15) is 5.76 Å². The molecule has 1 fully saturated rings. The van der Waals surface area contributed by atoms with Crippen LogP contribution >= 0.6 is 0 Å². The van der Waals surface area contributed by atoms with Gasteiger partial charge in [0.25, 0.3) is 0 Å². The van der Waals surface area contributed by atoms with Crippen molar-refractivity contribution >= 4 is 7.85 Å². The second-order valence-electron chi connectivity index (χ2n) is 6.08. The molecule has 116 valence electrons. The van der Waals surface area contributed by atoms with Crippen molar-refractivity contribution in [2.24, 2.45) is 5.92 Å². The molecule has 0 spiro atoms. The monoisotopic (exact) mass is 295 g/mol. The van der Waals surface area contributed by atoms with Gasteiger partial charge in [0, 0.05) is 25.6 Å². The standard InChI is InChI=1S/C16H24BF2NO/c1-11(3-4-12(2)20-8-9-20)13-5-6-14(21-10-7-17)16(19)15(13)18/h11-12H,3-10H2,1-2H3. The molecule has 2 atom stereocenters. The smallest absolute Gasteiger partial charge is 0.196 e. The Hall–Kier alpha value is -0.835. The number of halogens is 2. The molecule has 1 saturated heterocycles. The van der Waals surface area contributed by atoms with Crippen LogP contribution in [0, 0.1) is 5.92 Å². The quantitative estimate of drug-likeness (QED) is 0.497. The zero-order valence-electron chi connectivity index (χ0n) is 13.0. The van der Waals surface area contributed by atoms with Gasteiger partial charge < -0.3 is 4.74 Å². The van der Waals surface area contributed by atoms with Crippen molar-refractivity contribution in [3.63, 3.8) is 0 Å². The minimum Gasteiger partial charge on any atom is -0.496 e. The van der Waals surface area contributed by atoms with Gasteiger partial charge in [-0.2, -0.15) is 0 Å². The van der Waals surface area contributed by atoms with Gasteiger partial charge in [-0.05, 0) is 37.7 Å². The highest BCUT2D eigenvalue weighted by molar-refractivity contribution is 6.08. The number of nitrogens with zero attached hydrogens (tertiary/aromatic N) is 1. The molecule has 0 N–H and O–H groups in total. The molecule has 0 aromatic rings. The molecule has 0 aromatic carbocycles. The molecule has 0 bridgehead atoms. The van der Waals surface area contributed by atoms with E-state index in [0.717, 1.165) is 12.8 Å². The van der Waals surface area contributed by atoms with Crippen LogP contribution in [0.2, 0.25) is 6.32 Å². The highest BCUT2D eigenvalue weighted by Crippen LogP contribution is 2.38. The number of allylic oxidation sites excluding steroid dienone is 4. The van der Waals surface area contributed by atoms with E-state index in [1.165, 1.54) is 13.1 Å². The fourth-order valence-electron chi connectivity index (χ4n) is 2.86. The number of rotatable bonds is 8. The molecule has 1 heterocycles. The van der Waals surface area contributed by atoms with Crippen molar-refractivity contribution in [1.29, 1.82) is 0 Å². The Kier molecular flexibility index (Phi) is 5.85. The van der Waals surface area contributed by atoms with Crippen LogP contribution in [0.4, 0.5) is 8.78 Å². The van der Waals surface area contributed by atoms with Crippen molar-refractivity contribution in [2.75, 3.05) is 19.7 Å². The molecule has 5 heteroatoms. The molecular formula is C16H24BF2NO. The van der Waals surface area contributed by atoms with E-state index in [9.17, 15) is 8.78 Å². The summed E-state index contributed by atoms with van der Waals surface area (Å²) in [4.78, 5) is 2.39. The summed E-state index contributed by atoms with van der Waals surface area (Å²) in [6.45, 7) is 6.76. The lowest BCUT2D eigenvalue weighted by atomic mass is 9.87. The van der Waals surface area contributed by atoms with E-state index in [2.05, 4.69) is 11.8 Å². The summed E-state index contributed by atoms with van der Waals surface area (Å²) in [6.07, 6.45) is 3.20. The Bertz CT molecular complexity index is 432. The van der Waals surface area contributed by atoms with E-state index in [1.54, 1.807) is 0 Å². The molecule has 2 radical (unpaired) electrons. The SMILES string of the molecule is [B]CCOC1=C(F)C(F)=C(C(C)CCC(C)N2CC2)CC1. The third-order valence-corrected chi connectivity index (χ3v) is 4.45. The molecule has 21 heavy (non-hydrogen) atoms. The lowest BCUT2D eigenvalue weighted by Gasteiger charge is -2.24. The van der Waals surface area contributed by atoms with Gasteiger partial charge in [0.15, 0.2) is 11.7 Å². The third kappa shape index (κ3) is 4.32. The molecule has 1 aliphatic heterocycles. The zero-order chi connectivity index (χ0) is 15.4. The molecule has 2 aliphatic rings. The van der Waals surface area contributed by atoms with Crippen LogP contribution in [0.15, 0.2) is 23.0 Å². The van der Waals surface area contributed by atoms with E-state index in [1.807, 2.05) is 6.92 Å². The van der Waals surface area contributed by atoms with Gasteiger partial charge in [-0.1, -0.05) is 13.2 Å². The van der Waals surface area contributed by atoms with Gasteiger partial charge in [0.2, 0.25) is 0 Å². The molecule has 2 rings (SSSR count). The molecule has 0 saturated carbocycles. The maximum absolute atomic E-state index is 14.2. The predicted octanol–water partition coefficient (Wildman–Crippen LogP) is 3.91. The van der Waals surface area contributed by atoms with E-state index in [-0.39, 0.29) is 18.3 Å². The van der Waals surface area contributed by atoms with Crippen molar-refractivity contribution in [2.45, 2.75) is 51.9 Å². The average molecular weight is 295 g/mol. The summed E-state index contributed by atoms with van der Waals surface area (Å²) in [5.41, 5.74) is 0.602. The first-order valence-electron chi connectivity index (χ1n) is 7.89. The number of hydrogen-bond donors (Lipinski definition) is 0. The predicted molar refractivity (Wildman–Crippen MR) is 81.4 cm³/mol. The zero-order valence-corrected chi connectivity index (χ0v) is 13.0. The molecule has 2 unspecified atom stereocenters. The highest BCUT2D eigenvalue weighted by atomic mass is 19.2. The Morgan fingerprint density at radius 2 is 1.86 bits per heavy atom. The van der Waals surface area contributed by atoms with Crippen molar-refractivity contribution in [3.05, 3.63) is 23.0 Å².